The zero-order valence-corrected chi connectivity index (χ0v) is 37.3. The minimum Gasteiger partial charge on any atom is -0.507 e. The third-order valence-corrected chi connectivity index (χ3v) is 12.5. The van der Waals surface area contributed by atoms with Gasteiger partial charge in [-0.3, -0.25) is 4.98 Å². The average Bonchev–Trinajstić information content (AvgIpc) is 3.66. The lowest BCUT2D eigenvalue weighted by Crippen LogP contribution is -2.16. The molecule has 0 saturated carbocycles. The summed E-state index contributed by atoms with van der Waals surface area (Å²) in [6, 6.07) is 66.3. The van der Waals surface area contributed by atoms with Crippen LogP contribution in [0.2, 0.25) is 0 Å². The molecule has 0 amide bonds. The van der Waals surface area contributed by atoms with Crippen LogP contribution in [0.3, 0.4) is 0 Å². The number of pyridine rings is 2. The van der Waals surface area contributed by atoms with Gasteiger partial charge in [-0.15, -0.1) is 0 Å². The molecule has 1 N–H and O–H groups in total. The molecule has 3 aromatic heterocycles. The van der Waals surface area contributed by atoms with Gasteiger partial charge in [0.2, 0.25) is 0 Å². The number of phenolic OH excluding ortho intramolecular Hbond substituents is 1. The molecule has 7 aromatic carbocycles. The van der Waals surface area contributed by atoms with Gasteiger partial charge in [-0.2, -0.15) is 0 Å². The molecule has 10 aromatic rings. The molecule has 0 spiro atoms. The molecule has 0 atom stereocenters. The number of hydrogen-bond acceptors (Lipinski definition) is 3. The van der Waals surface area contributed by atoms with Crippen molar-refractivity contribution in [2.75, 3.05) is 0 Å². The van der Waals surface area contributed by atoms with Crippen molar-refractivity contribution >= 4 is 21.8 Å². The van der Waals surface area contributed by atoms with Gasteiger partial charge in [-0.05, 0) is 110 Å². The van der Waals surface area contributed by atoms with Crippen LogP contribution in [-0.2, 0) is 10.8 Å². The molecule has 0 unspecified atom stereocenters. The molecule has 10 rings (SSSR count). The molecule has 3 heterocycles. The normalized spacial score (nSPS) is 12.0. The average molecular weight is 830 g/mol. The van der Waals surface area contributed by atoms with E-state index in [9.17, 15) is 5.11 Å². The van der Waals surface area contributed by atoms with E-state index in [1.54, 1.807) is 6.07 Å². The largest absolute Gasteiger partial charge is 0.507 e. The smallest absolute Gasteiger partial charge is 0.124 e. The van der Waals surface area contributed by atoms with E-state index in [1.165, 1.54) is 33.0 Å². The lowest BCUT2D eigenvalue weighted by Gasteiger charge is -2.26. The van der Waals surface area contributed by atoms with Gasteiger partial charge in [-0.1, -0.05) is 169 Å². The molecule has 4 heteroatoms. The molecule has 0 aliphatic rings. The number of phenols is 1. The number of para-hydroxylation sites is 3. The van der Waals surface area contributed by atoms with Crippen molar-refractivity contribution in [1.29, 1.82) is 0 Å². The second-order valence-corrected chi connectivity index (χ2v) is 18.9. The highest BCUT2D eigenvalue weighted by Gasteiger charge is 2.23. The third-order valence-electron chi connectivity index (χ3n) is 12.5. The van der Waals surface area contributed by atoms with Crippen LogP contribution in [0.5, 0.6) is 5.75 Å². The first-order valence-corrected chi connectivity index (χ1v) is 22.1. The van der Waals surface area contributed by atoms with Crippen molar-refractivity contribution < 1.29 is 5.11 Å². The minimum atomic E-state index is -0.0432. The fourth-order valence-corrected chi connectivity index (χ4v) is 8.88. The first-order chi connectivity index (χ1) is 30.9. The molecule has 0 aliphatic carbocycles. The lowest BCUT2D eigenvalue weighted by molar-refractivity contribution is 0.477. The first-order valence-electron chi connectivity index (χ1n) is 22.1. The summed E-state index contributed by atoms with van der Waals surface area (Å²) in [5.41, 5.74) is 17.7. The predicted octanol–water partition coefficient (Wildman–Crippen LogP) is 15.9. The molecule has 0 aliphatic heterocycles. The molecule has 0 bridgehead atoms. The maximum Gasteiger partial charge on any atom is 0.124 e. The van der Waals surface area contributed by atoms with Gasteiger partial charge >= 0.3 is 0 Å². The summed E-state index contributed by atoms with van der Waals surface area (Å²) in [6.45, 7) is 13.6. The lowest BCUT2D eigenvalue weighted by atomic mass is 9.79. The molecular weight excluding hydrogens is 779 g/mol. The van der Waals surface area contributed by atoms with Crippen LogP contribution in [0, 0.1) is 0 Å². The van der Waals surface area contributed by atoms with E-state index in [2.05, 4.69) is 210 Å². The molecule has 64 heavy (non-hydrogen) atoms. The van der Waals surface area contributed by atoms with Crippen LogP contribution in [-0.4, -0.2) is 19.6 Å². The molecule has 0 radical (unpaired) electrons. The summed E-state index contributed by atoms with van der Waals surface area (Å²) < 4.78 is 2.40. The van der Waals surface area contributed by atoms with Gasteiger partial charge in [0.1, 0.15) is 5.75 Å². The zero-order chi connectivity index (χ0) is 44.2. The van der Waals surface area contributed by atoms with Gasteiger partial charge in [0.25, 0.3) is 0 Å². The van der Waals surface area contributed by atoms with Gasteiger partial charge in [0.05, 0.1) is 28.1 Å². The second-order valence-electron chi connectivity index (χ2n) is 18.9. The Balaban J connectivity index is 1.09. The van der Waals surface area contributed by atoms with E-state index in [-0.39, 0.29) is 16.6 Å². The van der Waals surface area contributed by atoms with Crippen LogP contribution >= 0.6 is 0 Å². The van der Waals surface area contributed by atoms with E-state index in [4.69, 9.17) is 9.97 Å². The molecule has 312 valence electrons. The molecular formula is C60H51N3O. The summed E-state index contributed by atoms with van der Waals surface area (Å²) in [5, 5.41) is 13.5. The Bertz CT molecular complexity index is 3310. The summed E-state index contributed by atoms with van der Waals surface area (Å²) in [4.78, 5) is 10.2. The number of hydrogen-bond donors (Lipinski definition) is 1. The fraction of sp³-hybridized carbons (Fsp3) is 0.133. The van der Waals surface area contributed by atoms with Crippen molar-refractivity contribution in [2.45, 2.75) is 52.4 Å². The van der Waals surface area contributed by atoms with E-state index in [0.717, 1.165) is 61.5 Å². The number of nitrogens with zero attached hydrogens (tertiary/aromatic N) is 3. The van der Waals surface area contributed by atoms with Crippen LogP contribution in [0.4, 0.5) is 0 Å². The van der Waals surface area contributed by atoms with Gasteiger partial charge < -0.3 is 9.67 Å². The fourth-order valence-electron chi connectivity index (χ4n) is 8.88. The number of rotatable bonds is 7. The number of aromatic nitrogens is 3. The summed E-state index contributed by atoms with van der Waals surface area (Å²) in [7, 11) is 0. The van der Waals surface area contributed by atoms with Crippen molar-refractivity contribution in [3.63, 3.8) is 0 Å². The Morgan fingerprint density at radius 1 is 0.406 bits per heavy atom. The van der Waals surface area contributed by atoms with Crippen LogP contribution in [0.25, 0.3) is 94.6 Å². The predicted molar refractivity (Wildman–Crippen MR) is 268 cm³/mol. The van der Waals surface area contributed by atoms with Crippen molar-refractivity contribution in [1.82, 2.24) is 14.5 Å². The van der Waals surface area contributed by atoms with Gasteiger partial charge in [0.15, 0.2) is 0 Å². The standard InChI is InChI=1S/C60H51N3O/c1-59(2,3)46-33-44(34-47(38-46)60(4,5)6)45-36-54(62-55(37-45)52-21-11-13-25-57(52)64)43-19-14-18-42(32-43)53-35-41(30-31-61-53)49-22-15-23-51-50-20-10-12-24-56(50)63(58(49)51)48-28-26-40(27-29-48)39-16-8-7-9-17-39/h7-38,64H,1-6H3. The van der Waals surface area contributed by atoms with Crippen molar-refractivity contribution in [2.24, 2.45) is 0 Å². The monoisotopic (exact) mass is 829 g/mol. The molecule has 0 fully saturated rings. The zero-order valence-electron chi connectivity index (χ0n) is 37.3. The highest BCUT2D eigenvalue weighted by atomic mass is 16.3. The summed E-state index contributed by atoms with van der Waals surface area (Å²) in [6.07, 6.45) is 1.92. The Morgan fingerprint density at radius 2 is 0.969 bits per heavy atom. The molecule has 0 saturated heterocycles. The number of benzene rings is 7. The maximum atomic E-state index is 11.1. The number of aromatic hydroxyl groups is 1. The third kappa shape index (κ3) is 7.66. The summed E-state index contributed by atoms with van der Waals surface area (Å²) in [5.74, 6) is 0.199. The number of fused-ring (bicyclic) bond motifs is 3. The second kappa shape index (κ2) is 16.0. The molecule has 4 nitrogen and oxygen atoms in total. The van der Waals surface area contributed by atoms with E-state index < -0.39 is 0 Å². The van der Waals surface area contributed by atoms with Crippen molar-refractivity contribution in [3.05, 3.63) is 205 Å². The van der Waals surface area contributed by atoms with Crippen LogP contribution in [0.15, 0.2) is 194 Å². The highest BCUT2D eigenvalue weighted by molar-refractivity contribution is 6.14. The Hall–Kier alpha value is -7.56. The van der Waals surface area contributed by atoms with Crippen LogP contribution in [0.1, 0.15) is 52.7 Å². The van der Waals surface area contributed by atoms with Crippen molar-refractivity contribution in [3.8, 4) is 78.6 Å². The van der Waals surface area contributed by atoms with E-state index in [0.29, 0.717) is 11.3 Å². The first kappa shape index (κ1) is 40.5. The Morgan fingerprint density at radius 3 is 1.70 bits per heavy atom. The minimum absolute atomic E-state index is 0.0432. The topological polar surface area (TPSA) is 50.9 Å². The van der Waals surface area contributed by atoms with E-state index >= 15 is 0 Å². The highest BCUT2D eigenvalue weighted by Crippen LogP contribution is 2.41. The maximum absolute atomic E-state index is 11.1. The van der Waals surface area contributed by atoms with Gasteiger partial charge in [0, 0.05) is 44.9 Å². The van der Waals surface area contributed by atoms with Gasteiger partial charge in [-0.25, -0.2) is 4.98 Å². The van der Waals surface area contributed by atoms with E-state index in [1.807, 2.05) is 24.4 Å². The summed E-state index contributed by atoms with van der Waals surface area (Å²) >= 11 is 0. The Kier molecular flexibility index (Phi) is 10.1. The Labute approximate surface area is 376 Å². The van der Waals surface area contributed by atoms with Crippen LogP contribution < -0.4 is 0 Å². The SMILES string of the molecule is CC(C)(C)c1cc(-c2cc(-c3cccc(-c4cc(-c5cccc6c7ccccc7n(-c7ccc(-c8ccccc8)cc7)c56)ccn4)c3)nc(-c3ccccc3O)c2)cc(C(C)(C)C)c1. The quantitative estimate of drug-likeness (QED) is 0.174.